The van der Waals surface area contributed by atoms with E-state index in [1.54, 1.807) is 25.1 Å². The molecule has 0 aliphatic carbocycles. The first-order chi connectivity index (χ1) is 11.9. The first kappa shape index (κ1) is 17.2. The Morgan fingerprint density at radius 2 is 1.76 bits per heavy atom. The molecule has 3 heterocycles. The summed E-state index contributed by atoms with van der Waals surface area (Å²) in [6.45, 7) is 6.13. The number of anilines is 1. The standard InChI is InChI=1S/C17H23N5O3/c1-5-12-10-18-15-13(16(24)20(4)17(25)19(15)3)14(12)22-8-6-21(7-9-22)11(2)23/h10H,5-9H2,1-4H3. The summed E-state index contributed by atoms with van der Waals surface area (Å²) in [6, 6.07) is 0. The fourth-order valence-corrected chi connectivity index (χ4v) is 3.42. The highest BCUT2D eigenvalue weighted by Gasteiger charge is 2.25. The zero-order valence-corrected chi connectivity index (χ0v) is 15.1. The van der Waals surface area contributed by atoms with Crippen molar-refractivity contribution in [3.05, 3.63) is 32.6 Å². The van der Waals surface area contributed by atoms with E-state index in [2.05, 4.69) is 9.88 Å². The summed E-state index contributed by atoms with van der Waals surface area (Å²) in [5.74, 6) is 0.0632. The molecule has 2 aromatic rings. The van der Waals surface area contributed by atoms with Gasteiger partial charge in [-0.15, -0.1) is 0 Å². The molecule has 8 heteroatoms. The second kappa shape index (κ2) is 6.34. The van der Waals surface area contributed by atoms with Crippen LogP contribution in [0.4, 0.5) is 5.69 Å². The lowest BCUT2D eigenvalue weighted by Gasteiger charge is -2.37. The van der Waals surface area contributed by atoms with Crippen LogP contribution in [0.25, 0.3) is 11.0 Å². The van der Waals surface area contributed by atoms with Crippen molar-refractivity contribution < 1.29 is 4.79 Å². The number of carbonyl (C=O) groups excluding carboxylic acids is 1. The summed E-state index contributed by atoms with van der Waals surface area (Å²) in [6.07, 6.45) is 2.48. The lowest BCUT2D eigenvalue weighted by molar-refractivity contribution is -0.129. The molecular formula is C17H23N5O3. The fourth-order valence-electron chi connectivity index (χ4n) is 3.42. The Balaban J connectivity index is 2.22. The molecule has 0 saturated carbocycles. The third kappa shape index (κ3) is 2.71. The van der Waals surface area contributed by atoms with Crippen LogP contribution in [-0.2, 0) is 25.3 Å². The van der Waals surface area contributed by atoms with Gasteiger partial charge in [0.15, 0.2) is 5.65 Å². The van der Waals surface area contributed by atoms with Gasteiger partial charge in [-0.2, -0.15) is 0 Å². The molecular weight excluding hydrogens is 322 g/mol. The van der Waals surface area contributed by atoms with E-state index in [0.717, 1.165) is 22.2 Å². The molecule has 0 atom stereocenters. The highest BCUT2D eigenvalue weighted by atomic mass is 16.2. The number of fused-ring (bicyclic) bond motifs is 1. The van der Waals surface area contributed by atoms with Crippen LogP contribution in [0.5, 0.6) is 0 Å². The Kier molecular flexibility index (Phi) is 4.36. The van der Waals surface area contributed by atoms with Crippen molar-refractivity contribution in [3.63, 3.8) is 0 Å². The molecule has 1 aliphatic rings. The zero-order chi connectivity index (χ0) is 18.3. The molecule has 1 saturated heterocycles. The average Bonchev–Trinajstić information content (AvgIpc) is 2.63. The summed E-state index contributed by atoms with van der Waals surface area (Å²) in [5.41, 5.74) is 1.49. The molecule has 1 aliphatic heterocycles. The quantitative estimate of drug-likeness (QED) is 0.757. The predicted molar refractivity (Wildman–Crippen MR) is 96.1 cm³/mol. The van der Waals surface area contributed by atoms with Gasteiger partial charge >= 0.3 is 5.69 Å². The Morgan fingerprint density at radius 1 is 1.12 bits per heavy atom. The Morgan fingerprint density at radius 3 is 2.32 bits per heavy atom. The largest absolute Gasteiger partial charge is 0.367 e. The van der Waals surface area contributed by atoms with Gasteiger partial charge in [0.05, 0.1) is 5.69 Å². The van der Waals surface area contributed by atoms with E-state index in [0.29, 0.717) is 37.2 Å². The number of aromatic nitrogens is 3. The van der Waals surface area contributed by atoms with Crippen LogP contribution in [0.3, 0.4) is 0 Å². The maximum atomic E-state index is 12.8. The summed E-state index contributed by atoms with van der Waals surface area (Å²) >= 11 is 0. The van der Waals surface area contributed by atoms with Gasteiger partial charge in [0.1, 0.15) is 5.39 Å². The van der Waals surface area contributed by atoms with Gasteiger partial charge in [0.2, 0.25) is 5.91 Å². The molecule has 0 spiro atoms. The number of piperazine rings is 1. The molecule has 1 amide bonds. The second-order valence-electron chi connectivity index (χ2n) is 6.38. The van der Waals surface area contributed by atoms with Gasteiger partial charge in [0.25, 0.3) is 5.56 Å². The lowest BCUT2D eigenvalue weighted by Crippen LogP contribution is -2.49. The van der Waals surface area contributed by atoms with Crippen molar-refractivity contribution in [2.75, 3.05) is 31.1 Å². The topological polar surface area (TPSA) is 80.4 Å². The summed E-state index contributed by atoms with van der Waals surface area (Å²) in [7, 11) is 3.11. The third-order valence-corrected chi connectivity index (χ3v) is 4.94. The van der Waals surface area contributed by atoms with E-state index in [1.807, 2.05) is 6.92 Å². The first-order valence-electron chi connectivity index (χ1n) is 8.44. The normalized spacial score (nSPS) is 15.0. The molecule has 2 aromatic heterocycles. The van der Waals surface area contributed by atoms with Crippen molar-refractivity contribution in [2.45, 2.75) is 20.3 Å². The molecule has 0 radical (unpaired) electrons. The number of rotatable bonds is 2. The van der Waals surface area contributed by atoms with Crippen LogP contribution in [-0.4, -0.2) is 51.1 Å². The van der Waals surface area contributed by atoms with E-state index >= 15 is 0 Å². The summed E-state index contributed by atoms with van der Waals surface area (Å²) < 4.78 is 2.53. The first-order valence-corrected chi connectivity index (χ1v) is 8.44. The van der Waals surface area contributed by atoms with Crippen molar-refractivity contribution in [3.8, 4) is 0 Å². The number of nitrogens with zero attached hydrogens (tertiary/aromatic N) is 5. The number of carbonyl (C=O) groups is 1. The van der Waals surface area contributed by atoms with Crippen LogP contribution in [0.1, 0.15) is 19.4 Å². The maximum absolute atomic E-state index is 12.8. The van der Waals surface area contributed by atoms with Crippen LogP contribution in [0.2, 0.25) is 0 Å². The molecule has 0 bridgehead atoms. The molecule has 0 N–H and O–H groups in total. The smallest absolute Gasteiger partial charge is 0.332 e. The van der Waals surface area contributed by atoms with Crippen molar-refractivity contribution in [1.82, 2.24) is 19.0 Å². The number of aryl methyl sites for hydroxylation is 2. The molecule has 134 valence electrons. The van der Waals surface area contributed by atoms with Crippen LogP contribution < -0.4 is 16.1 Å². The number of hydrogen-bond donors (Lipinski definition) is 0. The highest BCUT2D eigenvalue weighted by molar-refractivity contribution is 5.91. The molecule has 0 aromatic carbocycles. The van der Waals surface area contributed by atoms with E-state index in [-0.39, 0.29) is 17.2 Å². The van der Waals surface area contributed by atoms with Gasteiger partial charge < -0.3 is 9.80 Å². The lowest BCUT2D eigenvalue weighted by atomic mass is 10.1. The average molecular weight is 345 g/mol. The third-order valence-electron chi connectivity index (χ3n) is 4.94. The van der Waals surface area contributed by atoms with Gasteiger partial charge in [-0.05, 0) is 12.0 Å². The monoisotopic (exact) mass is 345 g/mol. The van der Waals surface area contributed by atoms with E-state index in [1.165, 1.54) is 11.6 Å². The van der Waals surface area contributed by atoms with Crippen LogP contribution >= 0.6 is 0 Å². The van der Waals surface area contributed by atoms with Gasteiger partial charge in [0, 0.05) is 53.4 Å². The maximum Gasteiger partial charge on any atom is 0.332 e. The van der Waals surface area contributed by atoms with Gasteiger partial charge in [-0.25, -0.2) is 9.78 Å². The number of hydrogen-bond acceptors (Lipinski definition) is 5. The predicted octanol–water partition coefficient (Wildman–Crippen LogP) is -0.137. The molecule has 0 unspecified atom stereocenters. The van der Waals surface area contributed by atoms with E-state index in [4.69, 9.17) is 0 Å². The highest BCUT2D eigenvalue weighted by Crippen LogP contribution is 2.28. The van der Waals surface area contributed by atoms with E-state index < -0.39 is 0 Å². The van der Waals surface area contributed by atoms with Crippen molar-refractivity contribution in [1.29, 1.82) is 0 Å². The minimum atomic E-state index is -0.387. The van der Waals surface area contributed by atoms with Gasteiger partial charge in [-0.3, -0.25) is 18.7 Å². The Hall–Kier alpha value is -2.64. The summed E-state index contributed by atoms with van der Waals surface area (Å²) in [5, 5.41) is 0.472. The van der Waals surface area contributed by atoms with Crippen LogP contribution in [0.15, 0.2) is 15.8 Å². The molecule has 1 fully saturated rings. The molecule has 8 nitrogen and oxygen atoms in total. The van der Waals surface area contributed by atoms with Crippen molar-refractivity contribution >= 4 is 22.6 Å². The number of pyridine rings is 1. The molecule has 25 heavy (non-hydrogen) atoms. The second-order valence-corrected chi connectivity index (χ2v) is 6.38. The Bertz CT molecular complexity index is 951. The number of amides is 1. The summed E-state index contributed by atoms with van der Waals surface area (Å²) in [4.78, 5) is 44.9. The fraction of sp³-hybridized carbons (Fsp3) is 0.529. The minimum Gasteiger partial charge on any atom is -0.367 e. The Labute approximate surface area is 145 Å². The zero-order valence-electron chi connectivity index (χ0n) is 15.1. The minimum absolute atomic E-state index is 0.0632. The van der Waals surface area contributed by atoms with Crippen molar-refractivity contribution in [2.24, 2.45) is 14.1 Å². The molecule has 3 rings (SSSR count). The van der Waals surface area contributed by atoms with Gasteiger partial charge in [-0.1, -0.05) is 6.92 Å². The van der Waals surface area contributed by atoms with E-state index in [9.17, 15) is 14.4 Å². The van der Waals surface area contributed by atoms with Crippen LogP contribution in [0, 0.1) is 0 Å². The SMILES string of the molecule is CCc1cnc2c(c1N1CCN(C(C)=O)CC1)c(=O)n(C)c(=O)n2C.